The zero-order chi connectivity index (χ0) is 14.7. The largest absolute Gasteiger partial charge is 0.494 e. The van der Waals surface area contributed by atoms with Crippen LogP contribution in [0.1, 0.15) is 46.3 Å². The van der Waals surface area contributed by atoms with Crippen molar-refractivity contribution >= 4 is 5.78 Å². The number of carbonyl (C=O) groups excluding carboxylic acids is 1. The zero-order valence-electron chi connectivity index (χ0n) is 12.4. The summed E-state index contributed by atoms with van der Waals surface area (Å²) in [6, 6.07) is 7.27. The number of ketones is 1. The molecule has 1 aromatic heterocycles. The van der Waals surface area contributed by atoms with Gasteiger partial charge in [0.25, 0.3) is 0 Å². The summed E-state index contributed by atoms with van der Waals surface area (Å²) in [6.45, 7) is 8.36. The molecule has 0 aliphatic carbocycles. The first-order valence-electron chi connectivity index (χ1n) is 6.88. The van der Waals surface area contributed by atoms with Crippen molar-refractivity contribution in [2.75, 3.05) is 6.61 Å². The molecule has 3 nitrogen and oxygen atoms in total. The second kappa shape index (κ2) is 5.95. The molecule has 0 unspecified atom stereocenters. The van der Waals surface area contributed by atoms with Crippen molar-refractivity contribution in [1.29, 1.82) is 0 Å². The molecule has 0 fully saturated rings. The quantitative estimate of drug-likeness (QED) is 0.765. The van der Waals surface area contributed by atoms with Crippen LogP contribution in [0.4, 0.5) is 0 Å². The number of ether oxygens (including phenoxy) is 1. The summed E-state index contributed by atoms with van der Waals surface area (Å²) in [5.41, 5.74) is 2.24. The van der Waals surface area contributed by atoms with Crippen LogP contribution in [0.25, 0.3) is 0 Å². The van der Waals surface area contributed by atoms with Crippen LogP contribution in [0.3, 0.4) is 0 Å². The summed E-state index contributed by atoms with van der Waals surface area (Å²) < 4.78 is 11.0. The Kier molecular flexibility index (Phi) is 4.28. The highest BCUT2D eigenvalue weighted by Crippen LogP contribution is 2.24. The fourth-order valence-electron chi connectivity index (χ4n) is 2.19. The number of hydrogen-bond acceptors (Lipinski definition) is 3. The Hall–Kier alpha value is -2.03. The predicted molar refractivity (Wildman–Crippen MR) is 78.6 cm³/mol. The molecule has 2 aromatic rings. The highest BCUT2D eigenvalue weighted by Gasteiger charge is 2.19. The number of rotatable bonds is 5. The fourth-order valence-corrected chi connectivity index (χ4v) is 2.19. The van der Waals surface area contributed by atoms with Crippen molar-refractivity contribution in [1.82, 2.24) is 0 Å². The Morgan fingerprint density at radius 3 is 2.25 bits per heavy atom. The van der Waals surface area contributed by atoms with Crippen molar-refractivity contribution in [3.05, 3.63) is 52.5 Å². The van der Waals surface area contributed by atoms with Gasteiger partial charge in [0.1, 0.15) is 17.3 Å². The van der Waals surface area contributed by atoms with E-state index in [1.165, 1.54) is 0 Å². The Morgan fingerprint density at radius 1 is 1.10 bits per heavy atom. The molecular weight excluding hydrogens is 252 g/mol. The van der Waals surface area contributed by atoms with Crippen molar-refractivity contribution in [3.8, 4) is 5.75 Å². The third-order valence-electron chi connectivity index (χ3n) is 3.38. The molecule has 20 heavy (non-hydrogen) atoms. The molecule has 0 atom stereocenters. The van der Waals surface area contributed by atoms with Crippen LogP contribution in [0.15, 0.2) is 28.7 Å². The SMILES string of the molecule is CCCOc1ccc(C(=O)c2c(C)oc(C)c2C)cc1. The van der Waals surface area contributed by atoms with E-state index in [9.17, 15) is 4.79 Å². The van der Waals surface area contributed by atoms with Crippen LogP contribution < -0.4 is 4.74 Å². The van der Waals surface area contributed by atoms with E-state index in [-0.39, 0.29) is 5.78 Å². The molecule has 1 aromatic carbocycles. The first kappa shape index (κ1) is 14.4. The Balaban J connectivity index is 2.25. The van der Waals surface area contributed by atoms with E-state index in [2.05, 4.69) is 6.92 Å². The number of aryl methyl sites for hydroxylation is 2. The highest BCUT2D eigenvalue weighted by atomic mass is 16.5. The molecule has 1 heterocycles. The van der Waals surface area contributed by atoms with E-state index in [0.29, 0.717) is 23.5 Å². The third kappa shape index (κ3) is 2.77. The predicted octanol–water partition coefficient (Wildman–Crippen LogP) is 4.22. The smallest absolute Gasteiger partial charge is 0.196 e. The van der Waals surface area contributed by atoms with Crippen LogP contribution in [-0.2, 0) is 0 Å². The van der Waals surface area contributed by atoms with Gasteiger partial charge in [-0.25, -0.2) is 0 Å². The van der Waals surface area contributed by atoms with Gasteiger partial charge in [0.2, 0.25) is 0 Å². The molecule has 0 bridgehead atoms. The molecule has 0 N–H and O–H groups in total. The molecule has 0 radical (unpaired) electrons. The average molecular weight is 272 g/mol. The van der Waals surface area contributed by atoms with Gasteiger partial charge in [0.15, 0.2) is 5.78 Å². The molecule has 0 spiro atoms. The van der Waals surface area contributed by atoms with E-state index in [1.54, 1.807) is 12.1 Å². The topological polar surface area (TPSA) is 39.4 Å². The van der Waals surface area contributed by atoms with E-state index >= 15 is 0 Å². The van der Waals surface area contributed by atoms with Gasteiger partial charge in [0.05, 0.1) is 12.2 Å². The summed E-state index contributed by atoms with van der Waals surface area (Å²) >= 11 is 0. The van der Waals surface area contributed by atoms with E-state index in [4.69, 9.17) is 9.15 Å². The van der Waals surface area contributed by atoms with Gasteiger partial charge < -0.3 is 9.15 Å². The maximum atomic E-state index is 12.5. The van der Waals surface area contributed by atoms with Gasteiger partial charge in [-0.2, -0.15) is 0 Å². The molecule has 3 heteroatoms. The average Bonchev–Trinajstić information content (AvgIpc) is 2.70. The van der Waals surface area contributed by atoms with Crippen molar-refractivity contribution in [2.45, 2.75) is 34.1 Å². The standard InChI is InChI=1S/C17H20O3/c1-5-10-19-15-8-6-14(7-9-15)17(18)16-11(2)12(3)20-13(16)4/h6-9H,5,10H2,1-4H3. The lowest BCUT2D eigenvalue weighted by atomic mass is 10.00. The van der Waals surface area contributed by atoms with Crippen molar-refractivity contribution in [3.63, 3.8) is 0 Å². The molecule has 0 saturated carbocycles. The molecule has 0 aliphatic rings. The summed E-state index contributed by atoms with van der Waals surface area (Å²) in [7, 11) is 0. The first-order valence-corrected chi connectivity index (χ1v) is 6.88. The molecule has 106 valence electrons. The fraction of sp³-hybridized carbons (Fsp3) is 0.353. The second-order valence-electron chi connectivity index (χ2n) is 4.92. The number of furan rings is 1. The Bertz CT molecular complexity index is 606. The number of carbonyl (C=O) groups is 1. The highest BCUT2D eigenvalue weighted by molar-refractivity contribution is 6.10. The van der Waals surface area contributed by atoms with Gasteiger partial charge in [-0.3, -0.25) is 4.79 Å². The van der Waals surface area contributed by atoms with Crippen LogP contribution in [0, 0.1) is 20.8 Å². The van der Waals surface area contributed by atoms with Crippen LogP contribution in [0.5, 0.6) is 5.75 Å². The number of benzene rings is 1. The number of hydrogen-bond donors (Lipinski definition) is 0. The lowest BCUT2D eigenvalue weighted by Crippen LogP contribution is -2.04. The molecular formula is C17H20O3. The molecule has 0 saturated heterocycles. The summed E-state index contributed by atoms with van der Waals surface area (Å²) in [4.78, 5) is 12.5. The third-order valence-corrected chi connectivity index (χ3v) is 3.38. The van der Waals surface area contributed by atoms with Crippen LogP contribution in [0.2, 0.25) is 0 Å². The van der Waals surface area contributed by atoms with Gasteiger partial charge in [-0.15, -0.1) is 0 Å². The van der Waals surface area contributed by atoms with Gasteiger partial charge in [0, 0.05) is 11.1 Å². The lowest BCUT2D eigenvalue weighted by Gasteiger charge is -2.06. The summed E-state index contributed by atoms with van der Waals surface area (Å²) in [5.74, 6) is 2.27. The minimum Gasteiger partial charge on any atom is -0.494 e. The Labute approximate surface area is 119 Å². The monoisotopic (exact) mass is 272 g/mol. The second-order valence-corrected chi connectivity index (χ2v) is 4.92. The van der Waals surface area contributed by atoms with Crippen molar-refractivity contribution < 1.29 is 13.9 Å². The summed E-state index contributed by atoms with van der Waals surface area (Å²) in [5, 5.41) is 0. The van der Waals surface area contributed by atoms with E-state index in [1.807, 2.05) is 32.9 Å². The van der Waals surface area contributed by atoms with Gasteiger partial charge in [-0.05, 0) is 51.5 Å². The summed E-state index contributed by atoms with van der Waals surface area (Å²) in [6.07, 6.45) is 0.966. The van der Waals surface area contributed by atoms with Crippen LogP contribution in [-0.4, -0.2) is 12.4 Å². The van der Waals surface area contributed by atoms with Gasteiger partial charge in [-0.1, -0.05) is 6.92 Å². The Morgan fingerprint density at radius 2 is 1.75 bits per heavy atom. The first-order chi connectivity index (χ1) is 9.54. The van der Waals surface area contributed by atoms with Gasteiger partial charge >= 0.3 is 0 Å². The normalized spacial score (nSPS) is 10.6. The van der Waals surface area contributed by atoms with Crippen LogP contribution >= 0.6 is 0 Å². The molecule has 2 rings (SSSR count). The minimum atomic E-state index is -0.00103. The maximum Gasteiger partial charge on any atom is 0.196 e. The van der Waals surface area contributed by atoms with E-state index < -0.39 is 0 Å². The maximum absolute atomic E-state index is 12.5. The zero-order valence-corrected chi connectivity index (χ0v) is 12.4. The molecule has 0 aliphatic heterocycles. The minimum absolute atomic E-state index is 0.00103. The van der Waals surface area contributed by atoms with Crippen molar-refractivity contribution in [2.24, 2.45) is 0 Å². The molecule has 0 amide bonds. The lowest BCUT2D eigenvalue weighted by molar-refractivity contribution is 0.103. The van der Waals surface area contributed by atoms with E-state index in [0.717, 1.165) is 23.5 Å².